The smallest absolute Gasteiger partial charge is 0.233 e. The molecule has 1 fully saturated rings. The molecule has 0 spiro atoms. The van der Waals surface area contributed by atoms with Crippen molar-refractivity contribution in [3.05, 3.63) is 125 Å². The molecule has 41 heavy (non-hydrogen) atoms. The normalized spacial score (nSPS) is 13.8. The van der Waals surface area contributed by atoms with Gasteiger partial charge in [-0.2, -0.15) is 4.39 Å². The lowest BCUT2D eigenvalue weighted by atomic mass is 9.85. The van der Waals surface area contributed by atoms with Crippen LogP contribution in [0.2, 0.25) is 0 Å². The molecule has 0 N–H and O–H groups in total. The van der Waals surface area contributed by atoms with Crippen LogP contribution in [-0.4, -0.2) is 22.7 Å². The number of aromatic nitrogens is 2. The summed E-state index contributed by atoms with van der Waals surface area (Å²) in [5.41, 5.74) is 5.47. The quantitative estimate of drug-likeness (QED) is 0.156. The molecule has 4 aromatic carbocycles. The summed E-state index contributed by atoms with van der Waals surface area (Å²) in [6.45, 7) is 2.06. The third kappa shape index (κ3) is 6.09. The number of carbonyl (C=O) groups is 1. The minimum Gasteiger partial charge on any atom is -0.497 e. The second-order valence-corrected chi connectivity index (χ2v) is 11.2. The maximum atomic E-state index is 14.3. The molecule has 1 saturated carbocycles. The molecule has 0 saturated heterocycles. The number of nitrogens with zero attached hydrogens (tertiary/aromatic N) is 2. The first kappa shape index (κ1) is 26.9. The van der Waals surface area contributed by atoms with Crippen LogP contribution in [0, 0.1) is 11.9 Å². The van der Waals surface area contributed by atoms with Crippen molar-refractivity contribution < 1.29 is 13.9 Å². The molecule has 0 aliphatic heterocycles. The zero-order chi connectivity index (χ0) is 28.3. The Morgan fingerprint density at radius 3 is 2.49 bits per heavy atom. The fraction of sp³-hybridized carbons (Fsp3) is 0.278. The van der Waals surface area contributed by atoms with E-state index in [-0.39, 0.29) is 23.8 Å². The van der Waals surface area contributed by atoms with E-state index >= 15 is 0 Å². The van der Waals surface area contributed by atoms with Crippen LogP contribution in [-0.2, 0) is 12.8 Å². The van der Waals surface area contributed by atoms with Gasteiger partial charge in [-0.1, -0.05) is 80.4 Å². The van der Waals surface area contributed by atoms with Crippen molar-refractivity contribution >= 4 is 16.6 Å². The fourth-order valence-corrected chi connectivity index (χ4v) is 5.77. The monoisotopic (exact) mass is 546 g/mol. The average molecular weight is 547 g/mol. The van der Waals surface area contributed by atoms with Gasteiger partial charge in [-0.15, -0.1) is 5.10 Å². The first-order chi connectivity index (χ1) is 20.0. The van der Waals surface area contributed by atoms with Gasteiger partial charge in [0.2, 0.25) is 5.95 Å². The summed E-state index contributed by atoms with van der Waals surface area (Å²) in [4.78, 5) is 13.5. The van der Waals surface area contributed by atoms with E-state index in [1.807, 2.05) is 42.5 Å². The average Bonchev–Trinajstić information content (AvgIpc) is 3.75. The number of fused-ring (bicyclic) bond motifs is 1. The van der Waals surface area contributed by atoms with Crippen LogP contribution in [0.3, 0.4) is 0 Å². The predicted molar refractivity (Wildman–Crippen MR) is 162 cm³/mol. The number of carbonyl (C=O) groups excluding carboxylic acids is 1. The van der Waals surface area contributed by atoms with Crippen LogP contribution in [0.1, 0.15) is 71.3 Å². The Kier molecular flexibility index (Phi) is 7.69. The maximum Gasteiger partial charge on any atom is 0.233 e. The molecule has 1 unspecified atom stereocenters. The van der Waals surface area contributed by atoms with E-state index in [1.54, 1.807) is 7.11 Å². The summed E-state index contributed by atoms with van der Waals surface area (Å²) in [7, 11) is 1.69. The van der Waals surface area contributed by atoms with Crippen LogP contribution in [0.4, 0.5) is 4.39 Å². The highest BCUT2D eigenvalue weighted by molar-refractivity contribution is 5.96. The van der Waals surface area contributed by atoms with Crippen molar-refractivity contribution in [1.82, 2.24) is 9.78 Å². The molecule has 5 aromatic rings. The Bertz CT molecular complexity index is 1700. The molecule has 6 rings (SSSR count). The highest BCUT2D eigenvalue weighted by Gasteiger charge is 2.25. The molecule has 1 aromatic heterocycles. The van der Waals surface area contributed by atoms with E-state index in [0.29, 0.717) is 5.69 Å². The van der Waals surface area contributed by atoms with Gasteiger partial charge in [-0.05, 0) is 82.5 Å². The van der Waals surface area contributed by atoms with Crippen molar-refractivity contribution in [3.63, 3.8) is 0 Å². The molecule has 1 aliphatic rings. The van der Waals surface area contributed by atoms with Crippen molar-refractivity contribution in [3.8, 4) is 11.4 Å². The van der Waals surface area contributed by atoms with Gasteiger partial charge >= 0.3 is 0 Å². The number of ketones is 1. The van der Waals surface area contributed by atoms with Gasteiger partial charge in [-0.25, -0.2) is 4.68 Å². The molecule has 1 heterocycles. The Labute approximate surface area is 240 Å². The molecule has 0 amide bonds. The minimum atomic E-state index is -0.655. The second-order valence-electron chi connectivity index (χ2n) is 11.2. The number of rotatable bonds is 11. The zero-order valence-corrected chi connectivity index (χ0v) is 23.6. The molecule has 1 atom stereocenters. The van der Waals surface area contributed by atoms with Gasteiger partial charge in [0.05, 0.1) is 12.8 Å². The lowest BCUT2D eigenvalue weighted by molar-refractivity contribution is 0.0985. The van der Waals surface area contributed by atoms with Crippen LogP contribution >= 0.6 is 0 Å². The number of aryl methyl sites for hydroxylation is 1. The topological polar surface area (TPSA) is 44.1 Å². The number of ether oxygens (including phenoxy) is 1. The van der Waals surface area contributed by atoms with Gasteiger partial charge in [0.1, 0.15) is 11.4 Å². The summed E-state index contributed by atoms with van der Waals surface area (Å²) in [6, 6.07) is 30.2. The van der Waals surface area contributed by atoms with Crippen molar-refractivity contribution in [1.29, 1.82) is 0 Å². The van der Waals surface area contributed by atoms with Crippen molar-refractivity contribution in [2.24, 2.45) is 5.92 Å². The Hall–Kier alpha value is -4.25. The zero-order valence-electron chi connectivity index (χ0n) is 23.6. The van der Waals surface area contributed by atoms with Crippen LogP contribution in [0.15, 0.2) is 91.0 Å². The van der Waals surface area contributed by atoms with E-state index in [9.17, 15) is 9.18 Å². The minimum absolute atomic E-state index is 0.158. The molecule has 1 aliphatic carbocycles. The molecule has 0 bridgehead atoms. The first-order valence-corrected chi connectivity index (χ1v) is 14.6. The molecule has 5 heteroatoms. The molecule has 4 nitrogen and oxygen atoms in total. The second kappa shape index (κ2) is 11.7. The molecular formula is C36H35FN2O2. The Morgan fingerprint density at radius 1 is 0.927 bits per heavy atom. The fourth-order valence-electron chi connectivity index (χ4n) is 5.77. The third-order valence-corrected chi connectivity index (χ3v) is 8.28. The van der Waals surface area contributed by atoms with Gasteiger partial charge in [0, 0.05) is 18.4 Å². The number of hydrogen-bond acceptors (Lipinski definition) is 3. The highest BCUT2D eigenvalue weighted by atomic mass is 19.1. The molecule has 208 valence electrons. The number of Topliss-reactive ketones (excluding diaryl/α,β-unsaturated/α-hetero) is 1. The van der Waals surface area contributed by atoms with Gasteiger partial charge in [-0.3, -0.25) is 4.79 Å². The predicted octanol–water partition coefficient (Wildman–Crippen LogP) is 8.48. The van der Waals surface area contributed by atoms with E-state index in [1.165, 1.54) is 46.5 Å². The van der Waals surface area contributed by atoms with E-state index in [0.717, 1.165) is 41.0 Å². The van der Waals surface area contributed by atoms with Crippen LogP contribution < -0.4 is 4.74 Å². The van der Waals surface area contributed by atoms with Gasteiger partial charge < -0.3 is 4.74 Å². The van der Waals surface area contributed by atoms with Gasteiger partial charge in [0.15, 0.2) is 5.78 Å². The maximum absolute atomic E-state index is 14.3. The summed E-state index contributed by atoms with van der Waals surface area (Å²) in [5.74, 6) is 1.10. The summed E-state index contributed by atoms with van der Waals surface area (Å²) >= 11 is 0. The summed E-state index contributed by atoms with van der Waals surface area (Å²) in [6.07, 6.45) is 5.94. The third-order valence-electron chi connectivity index (χ3n) is 8.28. The SMILES string of the molecule is CCc1cccc(-n2nc(F)cc2C(=O)Cc2cccc(C(CCC3CC3)c3ccc4cc(OC)ccc4c3)c2)c1. The Morgan fingerprint density at radius 2 is 1.68 bits per heavy atom. The highest BCUT2D eigenvalue weighted by Crippen LogP contribution is 2.39. The number of hydrogen-bond donors (Lipinski definition) is 0. The van der Waals surface area contributed by atoms with Crippen LogP contribution in [0.5, 0.6) is 5.75 Å². The van der Waals surface area contributed by atoms with E-state index in [2.05, 4.69) is 54.5 Å². The number of benzene rings is 4. The molecule has 0 radical (unpaired) electrons. The Balaban J connectivity index is 1.29. The summed E-state index contributed by atoms with van der Waals surface area (Å²) in [5, 5.41) is 6.35. The lowest BCUT2D eigenvalue weighted by Gasteiger charge is -2.20. The standard InChI is InChI=1S/C36H35FN2O2/c1-3-24-6-5-9-31(19-24)39-34(23-36(37)38-39)35(40)20-26-7-4-8-29(18-26)33(17-12-25-10-11-25)30-14-13-28-22-32(41-2)16-15-27(28)21-30/h4-9,13-16,18-19,21-23,25,33H,3,10-12,17,20H2,1-2H3. The van der Waals surface area contributed by atoms with Gasteiger partial charge in [0.25, 0.3) is 0 Å². The van der Waals surface area contributed by atoms with E-state index in [4.69, 9.17) is 4.74 Å². The van der Waals surface area contributed by atoms with Crippen molar-refractivity contribution in [2.75, 3.05) is 7.11 Å². The summed E-state index contributed by atoms with van der Waals surface area (Å²) < 4.78 is 21.2. The largest absolute Gasteiger partial charge is 0.497 e. The lowest BCUT2D eigenvalue weighted by Crippen LogP contribution is -2.12. The van der Waals surface area contributed by atoms with E-state index < -0.39 is 5.95 Å². The molecular weight excluding hydrogens is 511 g/mol. The van der Waals surface area contributed by atoms with Crippen molar-refractivity contribution in [2.45, 2.75) is 51.4 Å². The number of halogens is 1. The number of methoxy groups -OCH3 is 1. The van der Waals surface area contributed by atoms with Crippen LogP contribution in [0.25, 0.3) is 16.5 Å². The first-order valence-electron chi connectivity index (χ1n) is 14.6.